The van der Waals surface area contributed by atoms with Crippen molar-refractivity contribution < 1.29 is 13.9 Å². The van der Waals surface area contributed by atoms with Gasteiger partial charge in [-0.25, -0.2) is 9.48 Å². The van der Waals surface area contributed by atoms with Crippen molar-refractivity contribution in [1.29, 1.82) is 5.26 Å². The standard InChI is InChI=1S/C29H20N4O4/c1-36-24-12-7-9-22(16-24)31-28(34)20(17-30)14-21-18-33(23-10-3-2-4-11-23)32-27(21)25-15-19-8-5-6-13-26(19)37-29(25)35/h2-16,18H,1H3,(H,31,34). The number of hydrogen-bond donors (Lipinski definition) is 1. The summed E-state index contributed by atoms with van der Waals surface area (Å²) in [6.45, 7) is 0. The molecule has 1 N–H and O–H groups in total. The summed E-state index contributed by atoms with van der Waals surface area (Å²) in [5.74, 6) is -0.0468. The van der Waals surface area contributed by atoms with E-state index in [-0.39, 0.29) is 16.8 Å². The lowest BCUT2D eigenvalue weighted by Gasteiger charge is -2.06. The van der Waals surface area contributed by atoms with E-state index in [1.54, 1.807) is 53.3 Å². The Morgan fingerprint density at radius 2 is 1.84 bits per heavy atom. The number of rotatable bonds is 6. The Bertz CT molecular complexity index is 1740. The van der Waals surface area contributed by atoms with E-state index in [4.69, 9.17) is 9.15 Å². The van der Waals surface area contributed by atoms with Crippen molar-refractivity contribution in [2.45, 2.75) is 0 Å². The average molecular weight is 489 g/mol. The first-order chi connectivity index (χ1) is 18.1. The number of carbonyl (C=O) groups excluding carboxylic acids is 1. The van der Waals surface area contributed by atoms with Gasteiger partial charge in [-0.05, 0) is 42.5 Å². The monoisotopic (exact) mass is 488 g/mol. The summed E-state index contributed by atoms with van der Waals surface area (Å²) < 4.78 is 12.3. The first kappa shape index (κ1) is 23.3. The molecule has 1 amide bonds. The zero-order valence-corrected chi connectivity index (χ0v) is 19.7. The summed E-state index contributed by atoms with van der Waals surface area (Å²) in [5.41, 5.74) is 1.83. The van der Waals surface area contributed by atoms with Crippen LogP contribution in [0.15, 0.2) is 106 Å². The maximum Gasteiger partial charge on any atom is 0.345 e. The van der Waals surface area contributed by atoms with Crippen molar-refractivity contribution in [3.05, 3.63) is 113 Å². The van der Waals surface area contributed by atoms with Crippen molar-refractivity contribution in [2.24, 2.45) is 0 Å². The fraction of sp³-hybridized carbons (Fsp3) is 0.0345. The molecule has 0 saturated carbocycles. The van der Waals surface area contributed by atoms with E-state index >= 15 is 0 Å². The van der Waals surface area contributed by atoms with Gasteiger partial charge < -0.3 is 14.5 Å². The molecule has 0 aliphatic rings. The molecule has 5 aromatic rings. The fourth-order valence-electron chi connectivity index (χ4n) is 3.85. The molecule has 0 fully saturated rings. The molecule has 8 heteroatoms. The largest absolute Gasteiger partial charge is 0.497 e. The molecular formula is C29H20N4O4. The first-order valence-corrected chi connectivity index (χ1v) is 11.3. The Hall–Kier alpha value is -5.42. The predicted molar refractivity (Wildman–Crippen MR) is 140 cm³/mol. The van der Waals surface area contributed by atoms with Crippen molar-refractivity contribution in [1.82, 2.24) is 9.78 Å². The van der Waals surface area contributed by atoms with E-state index in [2.05, 4.69) is 10.4 Å². The number of anilines is 1. The third-order valence-corrected chi connectivity index (χ3v) is 5.65. The van der Waals surface area contributed by atoms with Crippen molar-refractivity contribution in [3.8, 4) is 28.8 Å². The Balaban J connectivity index is 1.61. The zero-order chi connectivity index (χ0) is 25.8. The lowest BCUT2D eigenvalue weighted by atomic mass is 10.1. The highest BCUT2D eigenvalue weighted by Crippen LogP contribution is 2.27. The number of nitrogens with one attached hydrogen (secondary N) is 1. The topological polar surface area (TPSA) is 110 Å². The minimum Gasteiger partial charge on any atom is -0.497 e. The van der Waals surface area contributed by atoms with E-state index in [9.17, 15) is 14.9 Å². The normalized spacial score (nSPS) is 11.2. The Morgan fingerprint density at radius 1 is 1.05 bits per heavy atom. The summed E-state index contributed by atoms with van der Waals surface area (Å²) in [6.07, 6.45) is 3.07. The second kappa shape index (κ2) is 10.1. The van der Waals surface area contributed by atoms with Gasteiger partial charge in [0.15, 0.2) is 0 Å². The first-order valence-electron chi connectivity index (χ1n) is 11.3. The predicted octanol–water partition coefficient (Wildman–Crippen LogP) is 5.20. The Labute approximate surface area is 211 Å². The molecule has 3 aromatic carbocycles. The molecule has 0 aliphatic carbocycles. The number of benzene rings is 3. The Morgan fingerprint density at radius 3 is 2.62 bits per heavy atom. The van der Waals surface area contributed by atoms with Gasteiger partial charge in [-0.15, -0.1) is 0 Å². The quantitative estimate of drug-likeness (QED) is 0.200. The van der Waals surface area contributed by atoms with Gasteiger partial charge in [0.2, 0.25) is 0 Å². The number of hydrogen-bond acceptors (Lipinski definition) is 6. The third kappa shape index (κ3) is 4.88. The molecule has 0 bridgehead atoms. The number of methoxy groups -OCH3 is 1. The van der Waals surface area contributed by atoms with Crippen LogP contribution in [0.5, 0.6) is 5.75 Å². The summed E-state index contributed by atoms with van der Waals surface area (Å²) in [5, 5.41) is 17.9. The summed E-state index contributed by atoms with van der Waals surface area (Å²) in [4.78, 5) is 25.9. The minimum atomic E-state index is -0.611. The van der Waals surface area contributed by atoms with Crippen LogP contribution in [-0.2, 0) is 4.79 Å². The average Bonchev–Trinajstić information content (AvgIpc) is 3.35. The van der Waals surface area contributed by atoms with Crippen LogP contribution in [-0.4, -0.2) is 22.8 Å². The number of nitriles is 1. The highest BCUT2D eigenvalue weighted by molar-refractivity contribution is 6.10. The molecule has 180 valence electrons. The van der Waals surface area contributed by atoms with Gasteiger partial charge in [0, 0.05) is 28.9 Å². The molecule has 8 nitrogen and oxygen atoms in total. The van der Waals surface area contributed by atoms with Gasteiger partial charge in [-0.2, -0.15) is 10.4 Å². The maximum absolute atomic E-state index is 13.0. The van der Waals surface area contributed by atoms with Crippen LogP contribution >= 0.6 is 0 Å². The lowest BCUT2D eigenvalue weighted by Crippen LogP contribution is -2.13. The van der Waals surface area contributed by atoms with Gasteiger partial charge in [-0.1, -0.05) is 42.5 Å². The van der Waals surface area contributed by atoms with E-state index < -0.39 is 11.5 Å². The number of para-hydroxylation sites is 2. The van der Waals surface area contributed by atoms with Gasteiger partial charge in [0.1, 0.15) is 28.7 Å². The van der Waals surface area contributed by atoms with Crippen LogP contribution in [0, 0.1) is 11.3 Å². The number of fused-ring (bicyclic) bond motifs is 1. The molecule has 0 saturated heterocycles. The SMILES string of the molecule is COc1cccc(NC(=O)C(C#N)=Cc2cn(-c3ccccc3)nc2-c2cc3ccccc3oc2=O)c1. The van der Waals surface area contributed by atoms with E-state index in [0.717, 1.165) is 11.1 Å². The summed E-state index contributed by atoms with van der Waals surface area (Å²) in [6, 6.07) is 26.9. The van der Waals surface area contributed by atoms with Crippen molar-refractivity contribution in [2.75, 3.05) is 12.4 Å². The maximum atomic E-state index is 13.0. The van der Waals surface area contributed by atoms with Crippen LogP contribution in [0.1, 0.15) is 5.56 Å². The molecule has 37 heavy (non-hydrogen) atoms. The molecule has 2 heterocycles. The van der Waals surface area contributed by atoms with Gasteiger partial charge in [-0.3, -0.25) is 4.79 Å². The number of amides is 1. The summed E-state index contributed by atoms with van der Waals surface area (Å²) in [7, 11) is 1.52. The Kier molecular flexibility index (Phi) is 6.34. The van der Waals surface area contributed by atoms with E-state index in [0.29, 0.717) is 22.6 Å². The molecule has 0 aliphatic heterocycles. The minimum absolute atomic E-state index is 0.165. The third-order valence-electron chi connectivity index (χ3n) is 5.65. The fourth-order valence-corrected chi connectivity index (χ4v) is 3.85. The number of nitrogens with zero attached hydrogens (tertiary/aromatic N) is 3. The van der Waals surface area contributed by atoms with Crippen LogP contribution in [0.4, 0.5) is 5.69 Å². The molecule has 0 atom stereocenters. The van der Waals surface area contributed by atoms with Crippen LogP contribution in [0.2, 0.25) is 0 Å². The van der Waals surface area contributed by atoms with E-state index in [1.165, 1.54) is 13.2 Å². The number of aromatic nitrogens is 2. The highest BCUT2D eigenvalue weighted by Gasteiger charge is 2.19. The number of carbonyl (C=O) groups is 1. The van der Waals surface area contributed by atoms with Gasteiger partial charge >= 0.3 is 5.63 Å². The lowest BCUT2D eigenvalue weighted by molar-refractivity contribution is -0.112. The van der Waals surface area contributed by atoms with Gasteiger partial charge in [0.05, 0.1) is 18.4 Å². The molecular weight excluding hydrogens is 468 g/mol. The summed E-state index contributed by atoms with van der Waals surface area (Å²) >= 11 is 0. The second-order valence-corrected chi connectivity index (χ2v) is 8.05. The molecule has 0 spiro atoms. The van der Waals surface area contributed by atoms with Crippen LogP contribution < -0.4 is 15.7 Å². The zero-order valence-electron chi connectivity index (χ0n) is 19.7. The van der Waals surface area contributed by atoms with E-state index in [1.807, 2.05) is 48.5 Å². The number of ether oxygens (including phenoxy) is 1. The van der Waals surface area contributed by atoms with Gasteiger partial charge in [0.25, 0.3) is 5.91 Å². The molecule has 5 rings (SSSR count). The highest BCUT2D eigenvalue weighted by atomic mass is 16.5. The van der Waals surface area contributed by atoms with Crippen LogP contribution in [0.25, 0.3) is 34.0 Å². The molecule has 0 radical (unpaired) electrons. The molecule has 2 aromatic heterocycles. The van der Waals surface area contributed by atoms with Crippen molar-refractivity contribution in [3.63, 3.8) is 0 Å². The second-order valence-electron chi connectivity index (χ2n) is 8.05. The van der Waals surface area contributed by atoms with Crippen molar-refractivity contribution >= 4 is 28.6 Å². The smallest absolute Gasteiger partial charge is 0.345 e. The molecule has 0 unspecified atom stereocenters. The van der Waals surface area contributed by atoms with Crippen LogP contribution in [0.3, 0.4) is 0 Å².